The summed E-state index contributed by atoms with van der Waals surface area (Å²) in [5.74, 6) is -0.203. The van der Waals surface area contributed by atoms with Crippen LogP contribution in [-0.2, 0) is 0 Å². The Morgan fingerprint density at radius 1 is 1.46 bits per heavy atom. The first-order valence-electron chi connectivity index (χ1n) is 4.43. The fourth-order valence-electron chi connectivity index (χ4n) is 1.03. The van der Waals surface area contributed by atoms with E-state index in [2.05, 4.69) is 28.2 Å². The SMILES string of the molecule is CCCCNc1ccc(Br)cc1F. The first kappa shape index (κ1) is 10.5. The van der Waals surface area contributed by atoms with Gasteiger partial charge in [0.2, 0.25) is 0 Å². The van der Waals surface area contributed by atoms with Crippen LogP contribution < -0.4 is 5.32 Å². The molecule has 72 valence electrons. The summed E-state index contributed by atoms with van der Waals surface area (Å²) >= 11 is 3.21. The molecule has 0 fully saturated rings. The number of anilines is 1. The van der Waals surface area contributed by atoms with Gasteiger partial charge in [-0.2, -0.15) is 0 Å². The Hall–Kier alpha value is -0.570. The largest absolute Gasteiger partial charge is 0.383 e. The van der Waals surface area contributed by atoms with Crippen LogP contribution in [0.25, 0.3) is 0 Å². The van der Waals surface area contributed by atoms with Gasteiger partial charge in [-0.15, -0.1) is 0 Å². The number of nitrogens with one attached hydrogen (secondary N) is 1. The maximum Gasteiger partial charge on any atom is 0.147 e. The third kappa shape index (κ3) is 3.35. The highest BCUT2D eigenvalue weighted by Crippen LogP contribution is 2.19. The maximum absolute atomic E-state index is 13.2. The Bertz CT molecular complexity index is 276. The molecule has 1 N–H and O–H groups in total. The van der Waals surface area contributed by atoms with E-state index < -0.39 is 0 Å². The van der Waals surface area contributed by atoms with Crippen LogP contribution in [0.4, 0.5) is 10.1 Å². The maximum atomic E-state index is 13.2. The molecule has 0 bridgehead atoms. The molecule has 0 atom stereocenters. The van der Waals surface area contributed by atoms with E-state index in [9.17, 15) is 4.39 Å². The zero-order valence-corrected chi connectivity index (χ0v) is 9.20. The molecule has 1 rings (SSSR count). The summed E-state index contributed by atoms with van der Waals surface area (Å²) in [6, 6.07) is 5.04. The van der Waals surface area contributed by atoms with Crippen molar-refractivity contribution in [2.75, 3.05) is 11.9 Å². The lowest BCUT2D eigenvalue weighted by Crippen LogP contribution is -2.02. The topological polar surface area (TPSA) is 12.0 Å². The molecular formula is C10H13BrFN. The quantitative estimate of drug-likeness (QED) is 0.796. The molecule has 0 unspecified atom stereocenters. The molecule has 1 nitrogen and oxygen atoms in total. The highest BCUT2D eigenvalue weighted by atomic mass is 79.9. The average Bonchev–Trinajstić information content (AvgIpc) is 2.09. The molecule has 0 aliphatic heterocycles. The van der Waals surface area contributed by atoms with Crippen LogP contribution >= 0.6 is 15.9 Å². The number of halogens is 2. The van der Waals surface area contributed by atoms with Crippen LogP contribution in [0.3, 0.4) is 0 Å². The smallest absolute Gasteiger partial charge is 0.147 e. The number of hydrogen-bond donors (Lipinski definition) is 1. The predicted octanol–water partition coefficient (Wildman–Crippen LogP) is 3.80. The fraction of sp³-hybridized carbons (Fsp3) is 0.400. The van der Waals surface area contributed by atoms with Crippen LogP contribution in [0, 0.1) is 5.82 Å². The van der Waals surface area contributed by atoms with E-state index in [0.29, 0.717) is 5.69 Å². The van der Waals surface area contributed by atoms with Gasteiger partial charge in [-0.3, -0.25) is 0 Å². The lowest BCUT2D eigenvalue weighted by atomic mass is 10.3. The van der Waals surface area contributed by atoms with Crippen LogP contribution in [0.1, 0.15) is 19.8 Å². The van der Waals surface area contributed by atoms with Crippen LogP contribution in [0.2, 0.25) is 0 Å². The number of rotatable bonds is 4. The second kappa shape index (κ2) is 5.22. The van der Waals surface area contributed by atoms with Gasteiger partial charge in [0.25, 0.3) is 0 Å². The van der Waals surface area contributed by atoms with Gasteiger partial charge < -0.3 is 5.32 Å². The van der Waals surface area contributed by atoms with Crippen molar-refractivity contribution in [1.82, 2.24) is 0 Å². The molecule has 0 amide bonds. The normalized spacial score (nSPS) is 10.1. The molecule has 0 heterocycles. The lowest BCUT2D eigenvalue weighted by molar-refractivity contribution is 0.628. The van der Waals surface area contributed by atoms with E-state index in [1.807, 2.05) is 6.07 Å². The van der Waals surface area contributed by atoms with E-state index in [-0.39, 0.29) is 5.82 Å². The minimum absolute atomic E-state index is 0.203. The van der Waals surface area contributed by atoms with Crippen molar-refractivity contribution < 1.29 is 4.39 Å². The van der Waals surface area contributed by atoms with E-state index in [4.69, 9.17) is 0 Å². The van der Waals surface area contributed by atoms with Gasteiger partial charge in [0.05, 0.1) is 5.69 Å². The van der Waals surface area contributed by atoms with Gasteiger partial charge in [0.15, 0.2) is 0 Å². The Morgan fingerprint density at radius 3 is 2.85 bits per heavy atom. The summed E-state index contributed by atoms with van der Waals surface area (Å²) < 4.78 is 14.0. The number of benzene rings is 1. The van der Waals surface area contributed by atoms with E-state index in [1.54, 1.807) is 6.07 Å². The predicted molar refractivity (Wildman–Crippen MR) is 57.5 cm³/mol. The molecule has 0 spiro atoms. The Balaban J connectivity index is 2.56. The third-order valence-electron chi connectivity index (χ3n) is 1.78. The highest BCUT2D eigenvalue weighted by Gasteiger charge is 2.00. The summed E-state index contributed by atoms with van der Waals surface area (Å²) in [6.45, 7) is 2.94. The molecule has 0 saturated heterocycles. The van der Waals surface area contributed by atoms with Crippen molar-refractivity contribution in [3.05, 3.63) is 28.5 Å². The fourth-order valence-corrected chi connectivity index (χ4v) is 1.37. The van der Waals surface area contributed by atoms with Crippen molar-refractivity contribution in [1.29, 1.82) is 0 Å². The monoisotopic (exact) mass is 245 g/mol. The van der Waals surface area contributed by atoms with Crippen molar-refractivity contribution >= 4 is 21.6 Å². The average molecular weight is 246 g/mol. The van der Waals surface area contributed by atoms with E-state index in [1.165, 1.54) is 6.07 Å². The molecule has 0 aliphatic rings. The second-order valence-electron chi connectivity index (χ2n) is 2.90. The zero-order valence-electron chi connectivity index (χ0n) is 7.61. The first-order chi connectivity index (χ1) is 6.24. The summed E-state index contributed by atoms with van der Waals surface area (Å²) in [7, 11) is 0. The van der Waals surface area contributed by atoms with Crippen molar-refractivity contribution in [2.24, 2.45) is 0 Å². The first-order valence-corrected chi connectivity index (χ1v) is 5.22. The lowest BCUT2D eigenvalue weighted by Gasteiger charge is -2.06. The van der Waals surface area contributed by atoms with Gasteiger partial charge >= 0.3 is 0 Å². The van der Waals surface area contributed by atoms with Gasteiger partial charge in [0.1, 0.15) is 5.82 Å². The Labute approximate surface area is 86.5 Å². The highest BCUT2D eigenvalue weighted by molar-refractivity contribution is 9.10. The molecule has 0 aliphatic carbocycles. The third-order valence-corrected chi connectivity index (χ3v) is 2.27. The zero-order chi connectivity index (χ0) is 9.68. The Morgan fingerprint density at radius 2 is 2.23 bits per heavy atom. The number of unbranched alkanes of at least 4 members (excludes halogenated alkanes) is 1. The standard InChI is InChI=1S/C10H13BrFN/c1-2-3-6-13-10-5-4-8(11)7-9(10)12/h4-5,7,13H,2-3,6H2,1H3. The summed E-state index contributed by atoms with van der Waals surface area (Å²) in [5.41, 5.74) is 0.580. The molecular weight excluding hydrogens is 233 g/mol. The molecule has 13 heavy (non-hydrogen) atoms. The summed E-state index contributed by atoms with van der Waals surface area (Å²) in [5, 5.41) is 3.05. The number of hydrogen-bond acceptors (Lipinski definition) is 1. The molecule has 3 heteroatoms. The molecule has 0 saturated carbocycles. The van der Waals surface area contributed by atoms with Crippen molar-refractivity contribution in [2.45, 2.75) is 19.8 Å². The molecule has 0 aromatic heterocycles. The molecule has 1 aromatic rings. The van der Waals surface area contributed by atoms with Crippen LogP contribution in [0.5, 0.6) is 0 Å². The minimum Gasteiger partial charge on any atom is -0.383 e. The van der Waals surface area contributed by atoms with E-state index >= 15 is 0 Å². The molecule has 0 radical (unpaired) electrons. The van der Waals surface area contributed by atoms with Gasteiger partial charge in [-0.1, -0.05) is 29.3 Å². The van der Waals surface area contributed by atoms with Crippen molar-refractivity contribution in [3.63, 3.8) is 0 Å². The van der Waals surface area contributed by atoms with Gasteiger partial charge in [0, 0.05) is 11.0 Å². The van der Waals surface area contributed by atoms with Gasteiger partial charge in [-0.05, 0) is 24.6 Å². The second-order valence-corrected chi connectivity index (χ2v) is 3.82. The Kier molecular flexibility index (Phi) is 4.22. The summed E-state index contributed by atoms with van der Waals surface area (Å²) in [4.78, 5) is 0. The minimum atomic E-state index is -0.203. The van der Waals surface area contributed by atoms with Crippen molar-refractivity contribution in [3.8, 4) is 0 Å². The van der Waals surface area contributed by atoms with Crippen LogP contribution in [0.15, 0.2) is 22.7 Å². The van der Waals surface area contributed by atoms with Gasteiger partial charge in [-0.25, -0.2) is 4.39 Å². The molecule has 1 aromatic carbocycles. The van der Waals surface area contributed by atoms with E-state index in [0.717, 1.165) is 23.9 Å². The summed E-state index contributed by atoms with van der Waals surface area (Å²) in [6.07, 6.45) is 2.18. The van der Waals surface area contributed by atoms with Crippen LogP contribution in [-0.4, -0.2) is 6.54 Å².